The molecule has 0 unspecified atom stereocenters. The molecule has 18 heavy (non-hydrogen) atoms. The van der Waals surface area contributed by atoms with E-state index in [-0.39, 0.29) is 58.9 Å². The number of hydrogen-bond donors (Lipinski definition) is 2. The number of hydroxylamine groups is 2. The molecule has 107 valence electrons. The predicted molar refractivity (Wildman–Crippen MR) is 57.8 cm³/mol. The predicted octanol–water partition coefficient (Wildman–Crippen LogP) is 1.19. The molecule has 1 aliphatic heterocycles. The first-order valence-electron chi connectivity index (χ1n) is 5.58. The Kier molecular flexibility index (Phi) is 12.3. The zero-order valence-electron chi connectivity index (χ0n) is 10.8. The van der Waals surface area contributed by atoms with E-state index in [1.807, 2.05) is 13.8 Å². The molecular weight excluding hydrogens is 326 g/mol. The van der Waals surface area contributed by atoms with Crippen LogP contribution >= 0.6 is 0 Å². The molecule has 1 radical (unpaired) electrons. The Labute approximate surface area is 131 Å². The number of hydrogen-bond acceptors (Lipinski definition) is 4. The van der Waals surface area contributed by atoms with Gasteiger partial charge in [-0.15, -0.1) is 0 Å². The number of rotatable bonds is 2. The zero-order valence-corrected chi connectivity index (χ0v) is 13.7. The number of alkyl halides is 3. The number of piperazine rings is 1. The molecule has 0 bridgehead atoms. The van der Waals surface area contributed by atoms with Crippen LogP contribution < -0.4 is 0 Å². The minimum Gasteiger partial charge on any atom is -0.396 e. The second kappa shape index (κ2) is 10.5. The fourth-order valence-electron chi connectivity index (χ4n) is 1.15. The topological polar surface area (TPSA) is 46.9 Å². The number of halogens is 3. The standard InChI is InChI=1S/C6H11F3N2O.C4H10O.Y/c7-6(8,9)5-10-1-3-11(12)4-2-10;1-4(2)3-5;/h12H,1-5H2;4-5H,3H2,1-2H3;. The summed E-state index contributed by atoms with van der Waals surface area (Å²) in [4.78, 5) is 1.28. The third-order valence-corrected chi connectivity index (χ3v) is 2.12. The van der Waals surface area contributed by atoms with Crippen LogP contribution in [0.15, 0.2) is 0 Å². The molecule has 0 spiro atoms. The summed E-state index contributed by atoms with van der Waals surface area (Å²) in [6.45, 7) is 4.50. The van der Waals surface area contributed by atoms with Crippen LogP contribution in [0.25, 0.3) is 0 Å². The second-order valence-electron chi connectivity index (χ2n) is 4.42. The van der Waals surface area contributed by atoms with E-state index in [4.69, 9.17) is 10.3 Å². The summed E-state index contributed by atoms with van der Waals surface area (Å²) in [6, 6.07) is 0. The second-order valence-corrected chi connectivity index (χ2v) is 4.42. The molecule has 1 fully saturated rings. The van der Waals surface area contributed by atoms with Crippen molar-refractivity contribution in [3.05, 3.63) is 0 Å². The molecule has 0 aromatic heterocycles. The smallest absolute Gasteiger partial charge is 0.396 e. The van der Waals surface area contributed by atoms with E-state index in [1.165, 1.54) is 4.90 Å². The van der Waals surface area contributed by atoms with Gasteiger partial charge in [0.2, 0.25) is 0 Å². The Morgan fingerprint density at radius 1 is 1.11 bits per heavy atom. The molecule has 0 aliphatic carbocycles. The Balaban J connectivity index is 0. The number of nitrogens with zero attached hydrogens (tertiary/aromatic N) is 2. The minimum absolute atomic E-state index is 0. The van der Waals surface area contributed by atoms with Crippen molar-refractivity contribution >= 4 is 0 Å². The first kappa shape index (κ1) is 21.0. The Morgan fingerprint density at radius 3 is 1.78 bits per heavy atom. The molecule has 1 rings (SSSR count). The van der Waals surface area contributed by atoms with Crippen molar-refractivity contribution in [1.82, 2.24) is 9.96 Å². The van der Waals surface area contributed by atoms with Crippen LogP contribution in [-0.2, 0) is 32.7 Å². The summed E-state index contributed by atoms with van der Waals surface area (Å²) in [6.07, 6.45) is -4.13. The van der Waals surface area contributed by atoms with Crippen molar-refractivity contribution < 1.29 is 56.2 Å². The number of aliphatic hydroxyl groups is 1. The SMILES string of the molecule is CC(C)CO.ON1CCN(CC(F)(F)F)CC1.[Y]. The summed E-state index contributed by atoms with van der Waals surface area (Å²) in [5.41, 5.74) is 0. The van der Waals surface area contributed by atoms with Crippen molar-refractivity contribution in [2.24, 2.45) is 5.92 Å². The molecule has 4 nitrogen and oxygen atoms in total. The summed E-state index contributed by atoms with van der Waals surface area (Å²) in [5, 5.41) is 18.0. The van der Waals surface area contributed by atoms with E-state index >= 15 is 0 Å². The van der Waals surface area contributed by atoms with E-state index in [0.29, 0.717) is 12.5 Å². The van der Waals surface area contributed by atoms with Crippen LogP contribution in [0.4, 0.5) is 13.2 Å². The molecule has 1 saturated heterocycles. The van der Waals surface area contributed by atoms with Crippen molar-refractivity contribution in [3.63, 3.8) is 0 Å². The monoisotopic (exact) mass is 347 g/mol. The molecule has 0 saturated carbocycles. The van der Waals surface area contributed by atoms with Gasteiger partial charge in [0.15, 0.2) is 0 Å². The van der Waals surface area contributed by atoms with E-state index in [9.17, 15) is 13.2 Å². The molecule has 1 heterocycles. The van der Waals surface area contributed by atoms with Crippen LogP contribution in [0.5, 0.6) is 0 Å². The Morgan fingerprint density at radius 2 is 1.50 bits per heavy atom. The third-order valence-electron chi connectivity index (χ3n) is 2.12. The van der Waals surface area contributed by atoms with Crippen LogP contribution in [0.3, 0.4) is 0 Å². The first-order valence-corrected chi connectivity index (χ1v) is 5.58. The van der Waals surface area contributed by atoms with E-state index in [0.717, 1.165) is 5.06 Å². The van der Waals surface area contributed by atoms with Gasteiger partial charge in [-0.3, -0.25) is 4.90 Å². The fourth-order valence-corrected chi connectivity index (χ4v) is 1.15. The van der Waals surface area contributed by atoms with Crippen molar-refractivity contribution in [2.75, 3.05) is 39.3 Å². The van der Waals surface area contributed by atoms with Crippen LogP contribution in [-0.4, -0.2) is 65.8 Å². The molecule has 8 heteroatoms. The van der Waals surface area contributed by atoms with Gasteiger partial charge in [0.05, 0.1) is 6.54 Å². The first-order chi connectivity index (χ1) is 7.74. The maximum absolute atomic E-state index is 11.8. The fraction of sp³-hybridized carbons (Fsp3) is 1.00. The van der Waals surface area contributed by atoms with Gasteiger partial charge in [-0.2, -0.15) is 18.2 Å². The Hall–Kier alpha value is 0.734. The third kappa shape index (κ3) is 13.2. The van der Waals surface area contributed by atoms with Crippen LogP contribution in [0.2, 0.25) is 0 Å². The van der Waals surface area contributed by atoms with Gasteiger partial charge < -0.3 is 10.3 Å². The molecule has 1 aliphatic rings. The normalized spacial score (nSPS) is 18.0. The molecule has 2 N–H and O–H groups in total. The largest absolute Gasteiger partial charge is 0.401 e. The van der Waals surface area contributed by atoms with Gasteiger partial charge in [0, 0.05) is 65.5 Å². The van der Waals surface area contributed by atoms with Gasteiger partial charge in [-0.1, -0.05) is 13.8 Å². The van der Waals surface area contributed by atoms with Gasteiger partial charge >= 0.3 is 6.18 Å². The average molecular weight is 347 g/mol. The van der Waals surface area contributed by atoms with Crippen molar-refractivity contribution in [1.29, 1.82) is 0 Å². The summed E-state index contributed by atoms with van der Waals surface area (Å²) in [5.74, 6) is 0.440. The van der Waals surface area contributed by atoms with Gasteiger partial charge in [0.1, 0.15) is 0 Å². The maximum Gasteiger partial charge on any atom is 0.401 e. The van der Waals surface area contributed by atoms with E-state index in [1.54, 1.807) is 0 Å². The molecule has 0 atom stereocenters. The van der Waals surface area contributed by atoms with Crippen molar-refractivity contribution in [3.8, 4) is 0 Å². The van der Waals surface area contributed by atoms with E-state index < -0.39 is 12.7 Å². The molecule has 0 amide bonds. The van der Waals surface area contributed by atoms with Crippen molar-refractivity contribution in [2.45, 2.75) is 20.0 Å². The summed E-state index contributed by atoms with van der Waals surface area (Å²) < 4.78 is 35.5. The maximum atomic E-state index is 11.8. The van der Waals surface area contributed by atoms with Crippen LogP contribution in [0, 0.1) is 5.92 Å². The van der Waals surface area contributed by atoms with Gasteiger partial charge in [0.25, 0.3) is 0 Å². The van der Waals surface area contributed by atoms with Gasteiger partial charge in [-0.25, -0.2) is 0 Å². The van der Waals surface area contributed by atoms with Crippen LogP contribution in [0.1, 0.15) is 13.8 Å². The number of aliphatic hydroxyl groups excluding tert-OH is 1. The minimum atomic E-state index is -4.13. The quantitative estimate of drug-likeness (QED) is 0.788. The van der Waals surface area contributed by atoms with E-state index in [2.05, 4.69) is 0 Å². The summed E-state index contributed by atoms with van der Waals surface area (Å²) in [7, 11) is 0. The average Bonchev–Trinajstić information content (AvgIpc) is 2.20. The van der Waals surface area contributed by atoms with Gasteiger partial charge in [-0.05, 0) is 5.92 Å². The molecular formula is C10H21F3N2O2Y. The Bertz CT molecular complexity index is 198. The molecule has 0 aromatic carbocycles. The summed E-state index contributed by atoms with van der Waals surface area (Å²) >= 11 is 0. The zero-order chi connectivity index (χ0) is 13.5. The molecule has 0 aromatic rings.